The summed E-state index contributed by atoms with van der Waals surface area (Å²) in [5.74, 6) is 1.89. The zero-order valence-corrected chi connectivity index (χ0v) is 15.9. The van der Waals surface area contributed by atoms with Crippen LogP contribution in [0.4, 0.5) is 5.82 Å². The first kappa shape index (κ1) is 17.1. The van der Waals surface area contributed by atoms with Crippen LogP contribution in [0.3, 0.4) is 0 Å². The van der Waals surface area contributed by atoms with Gasteiger partial charge in [-0.05, 0) is 44.2 Å². The summed E-state index contributed by atoms with van der Waals surface area (Å²) in [6.45, 7) is 4.67. The molecule has 6 nitrogen and oxygen atoms in total. The first-order chi connectivity index (χ1) is 13.3. The Morgan fingerprint density at radius 3 is 3.04 bits per heavy atom. The van der Waals surface area contributed by atoms with Crippen molar-refractivity contribution >= 4 is 5.82 Å². The largest absolute Gasteiger partial charge is 0.376 e. The van der Waals surface area contributed by atoms with Crippen molar-refractivity contribution in [3.8, 4) is 0 Å². The van der Waals surface area contributed by atoms with Crippen LogP contribution in [0.5, 0.6) is 0 Å². The number of aromatic nitrogens is 3. The average Bonchev–Trinajstić information content (AvgIpc) is 3.28. The minimum atomic E-state index is 0.308. The van der Waals surface area contributed by atoms with Crippen molar-refractivity contribution in [3.05, 3.63) is 47.2 Å². The molecule has 0 amide bonds. The van der Waals surface area contributed by atoms with Crippen molar-refractivity contribution in [1.82, 2.24) is 19.9 Å². The minimum Gasteiger partial charge on any atom is -0.376 e. The summed E-state index contributed by atoms with van der Waals surface area (Å²) < 4.78 is 5.79. The first-order valence-electron chi connectivity index (χ1n) is 10.2. The van der Waals surface area contributed by atoms with E-state index in [1.807, 2.05) is 25.4 Å². The van der Waals surface area contributed by atoms with E-state index in [4.69, 9.17) is 14.7 Å². The van der Waals surface area contributed by atoms with Crippen molar-refractivity contribution in [2.75, 3.05) is 18.5 Å². The summed E-state index contributed by atoms with van der Waals surface area (Å²) in [7, 11) is 0. The van der Waals surface area contributed by atoms with Gasteiger partial charge in [-0.25, -0.2) is 9.97 Å². The minimum absolute atomic E-state index is 0.308. The Bertz CT molecular complexity index is 806. The Balaban J connectivity index is 1.42. The number of pyridine rings is 1. The molecule has 5 rings (SSSR count). The van der Waals surface area contributed by atoms with Crippen LogP contribution in [0.15, 0.2) is 24.5 Å². The summed E-state index contributed by atoms with van der Waals surface area (Å²) >= 11 is 0. The fraction of sp³-hybridized carbons (Fsp3) is 0.571. The summed E-state index contributed by atoms with van der Waals surface area (Å²) in [6.07, 6.45) is 9.86. The van der Waals surface area contributed by atoms with Crippen LogP contribution in [0.2, 0.25) is 0 Å². The fourth-order valence-corrected chi connectivity index (χ4v) is 4.93. The van der Waals surface area contributed by atoms with E-state index in [9.17, 15) is 0 Å². The Morgan fingerprint density at radius 2 is 2.22 bits per heavy atom. The summed E-state index contributed by atoms with van der Waals surface area (Å²) in [6, 6.07) is 5.16. The van der Waals surface area contributed by atoms with E-state index in [2.05, 4.69) is 21.3 Å². The molecule has 2 bridgehead atoms. The van der Waals surface area contributed by atoms with Gasteiger partial charge in [0.25, 0.3) is 0 Å². The SMILES string of the molecule is Cc1nc2c(c(NC[C@@H]3CCCO3)n1)[C@@H]1CC[C@@H](C2)N1Cc1cccnc1. The number of hydrogen-bond acceptors (Lipinski definition) is 6. The summed E-state index contributed by atoms with van der Waals surface area (Å²) in [4.78, 5) is 16.5. The highest BCUT2D eigenvalue weighted by Crippen LogP contribution is 2.46. The maximum Gasteiger partial charge on any atom is 0.134 e. The highest BCUT2D eigenvalue weighted by atomic mass is 16.5. The lowest BCUT2D eigenvalue weighted by molar-refractivity contribution is 0.120. The van der Waals surface area contributed by atoms with E-state index in [1.54, 1.807) is 0 Å². The van der Waals surface area contributed by atoms with Gasteiger partial charge in [-0.3, -0.25) is 9.88 Å². The topological polar surface area (TPSA) is 63.2 Å². The molecule has 142 valence electrons. The molecule has 6 heteroatoms. The molecule has 3 aliphatic heterocycles. The lowest BCUT2D eigenvalue weighted by Crippen LogP contribution is -2.38. The van der Waals surface area contributed by atoms with Gasteiger partial charge < -0.3 is 10.1 Å². The second kappa shape index (κ2) is 7.17. The Hall–Kier alpha value is -2.05. The molecule has 2 fully saturated rings. The van der Waals surface area contributed by atoms with Gasteiger partial charge >= 0.3 is 0 Å². The highest BCUT2D eigenvalue weighted by Gasteiger charge is 2.42. The standard InChI is InChI=1S/C21H27N5O/c1-14-24-18-10-16-6-7-19(26(16)13-15-4-2-8-22-11-15)20(18)21(25-14)23-12-17-5-3-9-27-17/h2,4,8,11,16-17,19H,3,5-7,9-10,12-13H2,1H3,(H,23,24,25)/t16-,17-,19-/m0/s1. The van der Waals surface area contributed by atoms with Crippen molar-refractivity contribution in [1.29, 1.82) is 0 Å². The molecule has 0 spiro atoms. The van der Waals surface area contributed by atoms with Crippen LogP contribution in [-0.4, -0.2) is 45.1 Å². The molecule has 3 aliphatic rings. The van der Waals surface area contributed by atoms with E-state index < -0.39 is 0 Å². The van der Waals surface area contributed by atoms with Crippen molar-refractivity contribution < 1.29 is 4.74 Å². The lowest BCUT2D eigenvalue weighted by atomic mass is 9.97. The van der Waals surface area contributed by atoms with Crippen LogP contribution < -0.4 is 5.32 Å². The smallest absolute Gasteiger partial charge is 0.134 e. The van der Waals surface area contributed by atoms with Gasteiger partial charge in [-0.15, -0.1) is 0 Å². The number of hydrogen-bond donors (Lipinski definition) is 1. The van der Waals surface area contributed by atoms with E-state index in [1.165, 1.54) is 29.7 Å². The maximum absolute atomic E-state index is 5.79. The molecule has 2 aromatic rings. The Labute approximate surface area is 160 Å². The van der Waals surface area contributed by atoms with Crippen LogP contribution in [0.1, 0.15) is 54.4 Å². The predicted molar refractivity (Wildman–Crippen MR) is 103 cm³/mol. The van der Waals surface area contributed by atoms with Gasteiger partial charge in [0.15, 0.2) is 0 Å². The predicted octanol–water partition coefficient (Wildman–Crippen LogP) is 3.03. The zero-order chi connectivity index (χ0) is 18.2. The molecule has 0 unspecified atom stereocenters. The van der Waals surface area contributed by atoms with Gasteiger partial charge in [0.1, 0.15) is 11.6 Å². The first-order valence-corrected chi connectivity index (χ1v) is 10.2. The van der Waals surface area contributed by atoms with Crippen LogP contribution >= 0.6 is 0 Å². The third-order valence-corrected chi connectivity index (χ3v) is 6.15. The second-order valence-electron chi connectivity index (χ2n) is 7.98. The van der Waals surface area contributed by atoms with E-state index in [0.29, 0.717) is 18.2 Å². The molecule has 0 radical (unpaired) electrons. The van der Waals surface area contributed by atoms with Crippen molar-refractivity contribution in [2.24, 2.45) is 0 Å². The molecule has 2 aromatic heterocycles. The number of fused-ring (bicyclic) bond motifs is 4. The number of rotatable bonds is 5. The molecule has 3 atom stereocenters. The summed E-state index contributed by atoms with van der Waals surface area (Å²) in [5, 5.41) is 3.61. The lowest BCUT2D eigenvalue weighted by Gasteiger charge is -2.36. The molecule has 1 N–H and O–H groups in total. The number of nitrogens with zero attached hydrogens (tertiary/aromatic N) is 4. The Kier molecular flexibility index (Phi) is 4.53. The van der Waals surface area contributed by atoms with E-state index in [-0.39, 0.29) is 0 Å². The number of aryl methyl sites for hydroxylation is 1. The van der Waals surface area contributed by atoms with E-state index in [0.717, 1.165) is 50.6 Å². The second-order valence-corrected chi connectivity index (χ2v) is 7.98. The monoisotopic (exact) mass is 365 g/mol. The third-order valence-electron chi connectivity index (χ3n) is 6.15. The number of ether oxygens (including phenoxy) is 1. The molecule has 27 heavy (non-hydrogen) atoms. The number of anilines is 1. The molecule has 2 saturated heterocycles. The molecular formula is C21H27N5O. The summed E-state index contributed by atoms with van der Waals surface area (Å²) in [5.41, 5.74) is 3.84. The van der Waals surface area contributed by atoms with Gasteiger partial charge in [-0.1, -0.05) is 6.07 Å². The quantitative estimate of drug-likeness (QED) is 0.879. The van der Waals surface area contributed by atoms with Crippen molar-refractivity contribution in [2.45, 2.75) is 63.8 Å². The van der Waals surface area contributed by atoms with E-state index >= 15 is 0 Å². The molecule has 0 aliphatic carbocycles. The third kappa shape index (κ3) is 3.32. The molecule has 0 aromatic carbocycles. The number of nitrogens with one attached hydrogen (secondary N) is 1. The van der Waals surface area contributed by atoms with Crippen LogP contribution in [0.25, 0.3) is 0 Å². The van der Waals surface area contributed by atoms with Gasteiger partial charge in [-0.2, -0.15) is 0 Å². The van der Waals surface area contributed by atoms with Gasteiger partial charge in [0.05, 0.1) is 11.8 Å². The van der Waals surface area contributed by atoms with Crippen LogP contribution in [0, 0.1) is 6.92 Å². The Morgan fingerprint density at radius 1 is 1.26 bits per heavy atom. The fourth-order valence-electron chi connectivity index (χ4n) is 4.93. The normalized spacial score (nSPS) is 26.9. The average molecular weight is 365 g/mol. The molecule has 5 heterocycles. The highest BCUT2D eigenvalue weighted by molar-refractivity contribution is 5.51. The molecular weight excluding hydrogens is 338 g/mol. The maximum atomic E-state index is 5.79. The zero-order valence-electron chi connectivity index (χ0n) is 15.9. The van der Waals surface area contributed by atoms with Gasteiger partial charge in [0, 0.05) is 56.2 Å². The van der Waals surface area contributed by atoms with Crippen LogP contribution in [-0.2, 0) is 17.7 Å². The van der Waals surface area contributed by atoms with Crippen molar-refractivity contribution in [3.63, 3.8) is 0 Å². The molecule has 0 saturated carbocycles. The van der Waals surface area contributed by atoms with Gasteiger partial charge in [0.2, 0.25) is 0 Å².